The first kappa shape index (κ1) is 8.30. The van der Waals surface area contributed by atoms with E-state index >= 15 is 0 Å². The van der Waals surface area contributed by atoms with E-state index in [9.17, 15) is 13.6 Å². The van der Waals surface area contributed by atoms with Crippen molar-refractivity contribution in [1.29, 1.82) is 0 Å². The maximum absolute atomic E-state index is 12.7. The van der Waals surface area contributed by atoms with Crippen molar-refractivity contribution in [1.82, 2.24) is 0 Å². The lowest BCUT2D eigenvalue weighted by molar-refractivity contribution is -0.176. The predicted octanol–water partition coefficient (Wildman–Crippen LogP) is 0.746. The maximum Gasteiger partial charge on any atom is 0.275 e. The number of alkyl halides is 2. The number of nitrogens with zero attached hydrogens (tertiary/aromatic N) is 1. The predicted molar refractivity (Wildman–Crippen MR) is 32.3 cm³/mol. The third-order valence-electron chi connectivity index (χ3n) is 1.76. The van der Waals surface area contributed by atoms with Gasteiger partial charge >= 0.3 is 0 Å². The van der Waals surface area contributed by atoms with Crippen LogP contribution < -0.4 is 0 Å². The number of aliphatic imine (C=N–C) groups is 1. The molecule has 0 bridgehead atoms. The van der Waals surface area contributed by atoms with Gasteiger partial charge in [0.2, 0.25) is 6.08 Å². The molecule has 0 spiro atoms. The van der Waals surface area contributed by atoms with Crippen LogP contribution >= 0.6 is 0 Å². The van der Waals surface area contributed by atoms with Crippen molar-refractivity contribution in [2.45, 2.75) is 18.4 Å². The van der Waals surface area contributed by atoms with E-state index < -0.39 is 11.5 Å². The number of hydrogen-bond donors (Lipinski definition) is 0. The van der Waals surface area contributed by atoms with Crippen LogP contribution in [0.3, 0.4) is 0 Å². The summed E-state index contributed by atoms with van der Waals surface area (Å²) < 4.78 is 29.9. The molecule has 1 rings (SSSR count). The van der Waals surface area contributed by atoms with E-state index in [-0.39, 0.29) is 13.2 Å². The number of ether oxygens (including phenoxy) is 1. The van der Waals surface area contributed by atoms with Crippen molar-refractivity contribution in [3.8, 4) is 0 Å². The van der Waals surface area contributed by atoms with Gasteiger partial charge in [-0.25, -0.2) is 13.6 Å². The number of halogens is 2. The molecule has 11 heavy (non-hydrogen) atoms. The van der Waals surface area contributed by atoms with Gasteiger partial charge in [0.15, 0.2) is 5.54 Å². The molecule has 0 aromatic heterocycles. The molecule has 0 aromatic rings. The van der Waals surface area contributed by atoms with Gasteiger partial charge in [0, 0.05) is 6.92 Å². The SMILES string of the molecule is CC(F)(F)C1(N=C=O)COC1. The molecule has 0 radical (unpaired) electrons. The molecule has 0 aromatic carbocycles. The summed E-state index contributed by atoms with van der Waals surface area (Å²) in [7, 11) is 0. The van der Waals surface area contributed by atoms with Crippen LogP contribution in [0.2, 0.25) is 0 Å². The molecule has 0 aliphatic carbocycles. The molecule has 1 aliphatic heterocycles. The third kappa shape index (κ3) is 1.17. The van der Waals surface area contributed by atoms with E-state index in [1.165, 1.54) is 0 Å². The summed E-state index contributed by atoms with van der Waals surface area (Å²) in [5.74, 6) is -3.01. The Morgan fingerprint density at radius 1 is 1.64 bits per heavy atom. The molecule has 1 saturated heterocycles. The fourth-order valence-electron chi connectivity index (χ4n) is 0.799. The first-order chi connectivity index (χ1) is 5.02. The molecule has 0 amide bonds. The Kier molecular flexibility index (Phi) is 1.78. The van der Waals surface area contributed by atoms with Gasteiger partial charge in [-0.05, 0) is 0 Å². The van der Waals surface area contributed by atoms with E-state index in [1.807, 2.05) is 0 Å². The van der Waals surface area contributed by atoms with E-state index in [0.29, 0.717) is 0 Å². The Labute approximate surface area is 62.1 Å². The van der Waals surface area contributed by atoms with Crippen LogP contribution in [0.15, 0.2) is 4.99 Å². The van der Waals surface area contributed by atoms with Crippen molar-refractivity contribution in [3.05, 3.63) is 0 Å². The average molecular weight is 163 g/mol. The van der Waals surface area contributed by atoms with Crippen molar-refractivity contribution >= 4 is 6.08 Å². The summed E-state index contributed by atoms with van der Waals surface area (Å²) in [5, 5.41) is 0. The summed E-state index contributed by atoms with van der Waals surface area (Å²) >= 11 is 0. The standard InChI is InChI=1S/C6H7F2NO2/c1-5(7,8)6(9-4-10)2-11-3-6/h2-3H2,1H3. The molecule has 0 unspecified atom stereocenters. The van der Waals surface area contributed by atoms with Gasteiger partial charge in [-0.1, -0.05) is 0 Å². The molecular weight excluding hydrogens is 156 g/mol. The van der Waals surface area contributed by atoms with Crippen LogP contribution in [0, 0.1) is 0 Å². The molecule has 1 fully saturated rings. The molecule has 3 nitrogen and oxygen atoms in total. The van der Waals surface area contributed by atoms with Crippen LogP contribution in [0.1, 0.15) is 6.92 Å². The largest absolute Gasteiger partial charge is 0.376 e. The Balaban J connectivity index is 2.84. The van der Waals surface area contributed by atoms with Crippen molar-refractivity contribution in [2.75, 3.05) is 13.2 Å². The Bertz CT molecular complexity index is 201. The summed E-state index contributed by atoms with van der Waals surface area (Å²) in [4.78, 5) is 12.8. The highest BCUT2D eigenvalue weighted by Crippen LogP contribution is 2.37. The zero-order valence-corrected chi connectivity index (χ0v) is 5.93. The molecule has 0 atom stereocenters. The van der Waals surface area contributed by atoms with E-state index in [1.54, 1.807) is 0 Å². The van der Waals surface area contributed by atoms with E-state index in [4.69, 9.17) is 0 Å². The molecule has 62 valence electrons. The van der Waals surface area contributed by atoms with Gasteiger partial charge in [0.25, 0.3) is 5.92 Å². The second kappa shape index (κ2) is 2.36. The average Bonchev–Trinajstić information content (AvgIpc) is 1.75. The minimum absolute atomic E-state index is 0.203. The fourth-order valence-corrected chi connectivity index (χ4v) is 0.799. The highest BCUT2D eigenvalue weighted by Gasteiger charge is 2.56. The normalized spacial score (nSPS) is 21.7. The summed E-state index contributed by atoms with van der Waals surface area (Å²) in [5.41, 5.74) is -1.64. The lowest BCUT2D eigenvalue weighted by Crippen LogP contribution is -2.59. The van der Waals surface area contributed by atoms with Crippen molar-refractivity contribution in [3.63, 3.8) is 0 Å². The van der Waals surface area contributed by atoms with E-state index in [0.717, 1.165) is 13.0 Å². The number of rotatable bonds is 2. The van der Waals surface area contributed by atoms with Gasteiger partial charge < -0.3 is 4.74 Å². The van der Waals surface area contributed by atoms with Gasteiger partial charge in [0.1, 0.15) is 0 Å². The maximum atomic E-state index is 12.7. The fraction of sp³-hybridized carbons (Fsp3) is 0.833. The Morgan fingerprint density at radius 2 is 2.18 bits per heavy atom. The Hall–Kier alpha value is -0.800. The topological polar surface area (TPSA) is 38.7 Å². The van der Waals surface area contributed by atoms with Crippen LogP contribution in [0.5, 0.6) is 0 Å². The molecule has 0 saturated carbocycles. The highest BCUT2D eigenvalue weighted by atomic mass is 19.3. The number of isocyanates is 1. The van der Waals surface area contributed by atoms with Crippen molar-refractivity contribution < 1.29 is 18.3 Å². The summed E-state index contributed by atoms with van der Waals surface area (Å²) in [6.45, 7) is 0.313. The molecule has 5 heteroatoms. The third-order valence-corrected chi connectivity index (χ3v) is 1.76. The highest BCUT2D eigenvalue weighted by molar-refractivity contribution is 5.36. The van der Waals surface area contributed by atoms with Crippen LogP contribution in [0.25, 0.3) is 0 Å². The molecule has 0 N–H and O–H groups in total. The summed E-state index contributed by atoms with van der Waals surface area (Å²) in [6, 6.07) is 0. The zero-order chi connectivity index (χ0) is 8.54. The zero-order valence-electron chi connectivity index (χ0n) is 5.93. The van der Waals surface area contributed by atoms with Crippen LogP contribution in [-0.4, -0.2) is 30.8 Å². The van der Waals surface area contributed by atoms with Crippen LogP contribution in [-0.2, 0) is 9.53 Å². The van der Waals surface area contributed by atoms with Gasteiger partial charge in [0.05, 0.1) is 13.2 Å². The number of hydrogen-bond acceptors (Lipinski definition) is 3. The van der Waals surface area contributed by atoms with Gasteiger partial charge in [-0.15, -0.1) is 0 Å². The van der Waals surface area contributed by atoms with Gasteiger partial charge in [-0.2, -0.15) is 4.99 Å². The number of carbonyl (C=O) groups excluding carboxylic acids is 1. The smallest absolute Gasteiger partial charge is 0.275 e. The minimum atomic E-state index is -3.01. The quantitative estimate of drug-likeness (QED) is 0.445. The van der Waals surface area contributed by atoms with Gasteiger partial charge in [-0.3, -0.25) is 0 Å². The second-order valence-corrected chi connectivity index (χ2v) is 2.62. The monoisotopic (exact) mass is 163 g/mol. The summed E-state index contributed by atoms with van der Waals surface area (Å²) in [6.07, 6.45) is 1.13. The lowest BCUT2D eigenvalue weighted by Gasteiger charge is -2.40. The molecule has 1 aliphatic rings. The molecule has 1 heterocycles. The first-order valence-corrected chi connectivity index (χ1v) is 3.06. The molecular formula is C6H7F2NO2. The van der Waals surface area contributed by atoms with E-state index in [2.05, 4.69) is 9.73 Å². The van der Waals surface area contributed by atoms with Crippen molar-refractivity contribution in [2.24, 2.45) is 4.99 Å². The van der Waals surface area contributed by atoms with Crippen LogP contribution in [0.4, 0.5) is 8.78 Å². The first-order valence-electron chi connectivity index (χ1n) is 3.06. The lowest BCUT2D eigenvalue weighted by atomic mass is 9.91. The Morgan fingerprint density at radius 3 is 2.27 bits per heavy atom. The minimum Gasteiger partial charge on any atom is -0.376 e. The second-order valence-electron chi connectivity index (χ2n) is 2.62.